The van der Waals surface area contributed by atoms with E-state index in [2.05, 4.69) is 12.1 Å². The number of ether oxygens (including phenoxy) is 2. The second-order valence-electron chi connectivity index (χ2n) is 3.35. The van der Waals surface area contributed by atoms with Crippen LogP contribution in [0.25, 0.3) is 0 Å². The summed E-state index contributed by atoms with van der Waals surface area (Å²) in [5.74, 6) is 0. The van der Waals surface area contributed by atoms with Crippen LogP contribution in [0.1, 0.15) is 23.6 Å². The van der Waals surface area contributed by atoms with Crippen LogP contribution >= 0.6 is 11.3 Å². The lowest BCUT2D eigenvalue weighted by Gasteiger charge is -2.11. The van der Waals surface area contributed by atoms with Gasteiger partial charge in [-0.25, -0.2) is 0 Å². The highest BCUT2D eigenvalue weighted by atomic mass is 32.1. The minimum absolute atomic E-state index is 0.147. The van der Waals surface area contributed by atoms with Crippen molar-refractivity contribution in [2.75, 3.05) is 13.2 Å². The Morgan fingerprint density at radius 3 is 2.73 bits per heavy atom. The number of rotatable bonds is 7. The molecule has 15 heavy (non-hydrogen) atoms. The van der Waals surface area contributed by atoms with E-state index in [0.717, 1.165) is 6.61 Å². The fraction of sp³-hybridized carbons (Fsp3) is 0.636. The summed E-state index contributed by atoms with van der Waals surface area (Å²) < 4.78 is 10.9. The molecule has 0 bridgehead atoms. The zero-order valence-electron chi connectivity index (χ0n) is 9.36. The maximum atomic E-state index is 5.63. The average molecular weight is 229 g/mol. The van der Waals surface area contributed by atoms with E-state index < -0.39 is 0 Å². The molecule has 0 aliphatic heterocycles. The zero-order valence-corrected chi connectivity index (χ0v) is 10.2. The van der Waals surface area contributed by atoms with Gasteiger partial charge in [-0.2, -0.15) is 0 Å². The minimum Gasteiger partial charge on any atom is -0.379 e. The van der Waals surface area contributed by atoms with Crippen LogP contribution in [0.4, 0.5) is 0 Å². The highest BCUT2D eigenvalue weighted by molar-refractivity contribution is 7.11. The molecule has 0 aliphatic carbocycles. The zero-order chi connectivity index (χ0) is 11.1. The van der Waals surface area contributed by atoms with Gasteiger partial charge >= 0.3 is 0 Å². The average Bonchev–Trinajstić information content (AvgIpc) is 2.71. The molecule has 1 atom stereocenters. The molecular formula is C11H19NO2S. The molecule has 1 aromatic heterocycles. The molecule has 0 amide bonds. The Morgan fingerprint density at radius 2 is 2.13 bits per heavy atom. The van der Waals surface area contributed by atoms with Crippen molar-refractivity contribution in [2.45, 2.75) is 33.1 Å². The van der Waals surface area contributed by atoms with Crippen molar-refractivity contribution >= 4 is 11.3 Å². The fourth-order valence-electron chi connectivity index (χ4n) is 1.17. The molecule has 1 aromatic rings. The maximum Gasteiger partial charge on any atom is 0.0814 e. The van der Waals surface area contributed by atoms with Gasteiger partial charge < -0.3 is 15.2 Å². The Hall–Kier alpha value is -0.420. The molecule has 0 radical (unpaired) electrons. The van der Waals surface area contributed by atoms with Crippen LogP contribution in [0.15, 0.2) is 12.1 Å². The van der Waals surface area contributed by atoms with E-state index in [1.807, 2.05) is 13.8 Å². The molecule has 4 heteroatoms. The van der Waals surface area contributed by atoms with Gasteiger partial charge in [0.25, 0.3) is 0 Å². The molecule has 0 saturated heterocycles. The molecular weight excluding hydrogens is 210 g/mol. The van der Waals surface area contributed by atoms with Crippen LogP contribution in [-0.4, -0.2) is 19.3 Å². The number of thiophene rings is 1. The van der Waals surface area contributed by atoms with Gasteiger partial charge in [-0.05, 0) is 26.0 Å². The van der Waals surface area contributed by atoms with Gasteiger partial charge in [0.05, 0.1) is 19.3 Å². The molecule has 1 heterocycles. The van der Waals surface area contributed by atoms with E-state index in [4.69, 9.17) is 15.2 Å². The summed E-state index contributed by atoms with van der Waals surface area (Å²) in [6.07, 6.45) is 0.147. The summed E-state index contributed by atoms with van der Waals surface area (Å²) in [4.78, 5) is 2.42. The quantitative estimate of drug-likeness (QED) is 0.779. The lowest BCUT2D eigenvalue weighted by atomic mass is 10.4. The van der Waals surface area contributed by atoms with Gasteiger partial charge in [-0.1, -0.05) is 0 Å². The van der Waals surface area contributed by atoms with Crippen molar-refractivity contribution < 1.29 is 9.47 Å². The first-order chi connectivity index (χ1) is 7.26. The minimum atomic E-state index is 0.147. The largest absolute Gasteiger partial charge is 0.379 e. The van der Waals surface area contributed by atoms with Crippen LogP contribution in [0, 0.1) is 0 Å². The van der Waals surface area contributed by atoms with Crippen molar-refractivity contribution in [1.82, 2.24) is 0 Å². The molecule has 1 unspecified atom stereocenters. The van der Waals surface area contributed by atoms with Gasteiger partial charge in [0.15, 0.2) is 0 Å². The Kier molecular flexibility index (Phi) is 5.86. The van der Waals surface area contributed by atoms with Crippen molar-refractivity contribution in [3.63, 3.8) is 0 Å². The van der Waals surface area contributed by atoms with E-state index in [0.29, 0.717) is 19.8 Å². The summed E-state index contributed by atoms with van der Waals surface area (Å²) in [6, 6.07) is 4.12. The van der Waals surface area contributed by atoms with Gasteiger partial charge in [0.1, 0.15) is 0 Å². The lowest BCUT2D eigenvalue weighted by Crippen LogP contribution is -2.15. The van der Waals surface area contributed by atoms with Gasteiger partial charge in [-0.15, -0.1) is 11.3 Å². The van der Waals surface area contributed by atoms with E-state index >= 15 is 0 Å². The molecule has 0 fully saturated rings. The van der Waals surface area contributed by atoms with Crippen molar-refractivity contribution in [1.29, 1.82) is 0 Å². The number of hydrogen-bond donors (Lipinski definition) is 1. The summed E-state index contributed by atoms with van der Waals surface area (Å²) in [5, 5.41) is 0. The van der Waals surface area contributed by atoms with Gasteiger partial charge in [0, 0.05) is 22.9 Å². The SMILES string of the molecule is CCOCC(C)OCc1ccc(CN)s1. The van der Waals surface area contributed by atoms with Crippen LogP contribution in [0.2, 0.25) is 0 Å². The highest BCUT2D eigenvalue weighted by Gasteiger charge is 2.04. The summed E-state index contributed by atoms with van der Waals surface area (Å²) in [5.41, 5.74) is 5.53. The lowest BCUT2D eigenvalue weighted by molar-refractivity contribution is -0.0107. The topological polar surface area (TPSA) is 44.5 Å². The second-order valence-corrected chi connectivity index (χ2v) is 4.61. The molecule has 0 aliphatic rings. The normalized spacial score (nSPS) is 13.0. The monoisotopic (exact) mass is 229 g/mol. The highest BCUT2D eigenvalue weighted by Crippen LogP contribution is 2.17. The Labute approximate surface area is 95.2 Å². The Bertz CT molecular complexity index is 275. The predicted molar refractivity (Wildman–Crippen MR) is 63.0 cm³/mol. The molecule has 86 valence electrons. The molecule has 2 N–H and O–H groups in total. The first-order valence-electron chi connectivity index (χ1n) is 5.23. The number of nitrogens with two attached hydrogens (primary N) is 1. The van der Waals surface area contributed by atoms with Crippen LogP contribution < -0.4 is 5.73 Å². The first-order valence-corrected chi connectivity index (χ1v) is 6.05. The fourth-order valence-corrected chi connectivity index (χ4v) is 1.99. The second kappa shape index (κ2) is 6.95. The Morgan fingerprint density at radius 1 is 1.40 bits per heavy atom. The molecule has 0 spiro atoms. The number of hydrogen-bond acceptors (Lipinski definition) is 4. The first kappa shape index (κ1) is 12.6. The van der Waals surface area contributed by atoms with Crippen molar-refractivity contribution in [2.24, 2.45) is 5.73 Å². The van der Waals surface area contributed by atoms with Gasteiger partial charge in [-0.3, -0.25) is 0 Å². The maximum absolute atomic E-state index is 5.63. The summed E-state index contributed by atoms with van der Waals surface area (Å²) in [7, 11) is 0. The molecule has 1 rings (SSSR count). The third kappa shape index (κ3) is 4.75. The molecule has 0 saturated carbocycles. The molecule has 3 nitrogen and oxygen atoms in total. The van der Waals surface area contributed by atoms with E-state index in [1.54, 1.807) is 11.3 Å². The van der Waals surface area contributed by atoms with E-state index in [1.165, 1.54) is 9.75 Å². The third-order valence-electron chi connectivity index (χ3n) is 1.99. The standard InChI is InChI=1S/C11H19NO2S/c1-3-13-7-9(2)14-8-11-5-4-10(6-12)15-11/h4-5,9H,3,6-8,12H2,1-2H3. The van der Waals surface area contributed by atoms with Crippen LogP contribution in [0.5, 0.6) is 0 Å². The van der Waals surface area contributed by atoms with Crippen molar-refractivity contribution in [3.8, 4) is 0 Å². The summed E-state index contributed by atoms with van der Waals surface area (Å²) >= 11 is 1.71. The third-order valence-corrected chi connectivity index (χ3v) is 3.07. The smallest absolute Gasteiger partial charge is 0.0814 e. The van der Waals surface area contributed by atoms with Gasteiger partial charge in [0.2, 0.25) is 0 Å². The van der Waals surface area contributed by atoms with Crippen LogP contribution in [-0.2, 0) is 22.6 Å². The van der Waals surface area contributed by atoms with E-state index in [-0.39, 0.29) is 6.10 Å². The Balaban J connectivity index is 2.24. The predicted octanol–water partition coefficient (Wildman–Crippen LogP) is 2.15. The van der Waals surface area contributed by atoms with Crippen LogP contribution in [0.3, 0.4) is 0 Å². The molecule has 0 aromatic carbocycles. The van der Waals surface area contributed by atoms with Crippen molar-refractivity contribution in [3.05, 3.63) is 21.9 Å². The van der Waals surface area contributed by atoms with E-state index in [9.17, 15) is 0 Å². The summed E-state index contributed by atoms with van der Waals surface area (Å²) in [6.45, 7) is 6.67.